The number of aromatic nitrogens is 1. The Balaban J connectivity index is 1.59. The molecular formula is C15H19N3O2S2. The van der Waals surface area contributed by atoms with Gasteiger partial charge in [0.05, 0.1) is 5.75 Å². The van der Waals surface area contributed by atoms with Crippen LogP contribution in [0.15, 0.2) is 41.9 Å². The van der Waals surface area contributed by atoms with E-state index in [1.54, 1.807) is 17.5 Å². The van der Waals surface area contributed by atoms with Gasteiger partial charge in [-0.15, -0.1) is 11.3 Å². The highest BCUT2D eigenvalue weighted by Crippen LogP contribution is 2.26. The number of sulfonamides is 1. The molecule has 0 radical (unpaired) electrons. The first-order valence-corrected chi connectivity index (χ1v) is 9.85. The van der Waals surface area contributed by atoms with Crippen molar-refractivity contribution in [2.24, 2.45) is 0 Å². The number of hydrogen-bond acceptors (Lipinski definition) is 5. The van der Waals surface area contributed by atoms with Gasteiger partial charge < -0.3 is 4.90 Å². The van der Waals surface area contributed by atoms with Gasteiger partial charge in [0.15, 0.2) is 5.13 Å². The highest BCUT2D eigenvalue weighted by Gasteiger charge is 2.27. The third-order valence-electron chi connectivity index (χ3n) is 3.78. The molecule has 2 heterocycles. The summed E-state index contributed by atoms with van der Waals surface area (Å²) in [6.45, 7) is 1.38. The zero-order valence-electron chi connectivity index (χ0n) is 12.2. The molecule has 1 aromatic carbocycles. The smallest absolute Gasteiger partial charge is 0.215 e. The van der Waals surface area contributed by atoms with Gasteiger partial charge >= 0.3 is 0 Å². The first-order chi connectivity index (χ1) is 10.6. The molecule has 1 aliphatic rings. The van der Waals surface area contributed by atoms with E-state index in [1.807, 2.05) is 35.7 Å². The van der Waals surface area contributed by atoms with Crippen LogP contribution in [0.4, 0.5) is 5.13 Å². The second-order valence-electron chi connectivity index (χ2n) is 5.40. The van der Waals surface area contributed by atoms with Crippen molar-refractivity contribution in [1.82, 2.24) is 9.71 Å². The van der Waals surface area contributed by atoms with Crippen LogP contribution in [0, 0.1) is 0 Å². The largest absolute Gasteiger partial charge is 0.344 e. The van der Waals surface area contributed by atoms with Crippen molar-refractivity contribution in [3.05, 3.63) is 47.5 Å². The zero-order chi connectivity index (χ0) is 15.4. The summed E-state index contributed by atoms with van der Waals surface area (Å²) in [6, 6.07) is 9.44. The molecule has 0 bridgehead atoms. The fourth-order valence-corrected chi connectivity index (χ4v) is 4.65. The Morgan fingerprint density at radius 1 is 1.32 bits per heavy atom. The Morgan fingerprint density at radius 2 is 2.14 bits per heavy atom. The van der Waals surface area contributed by atoms with Crippen molar-refractivity contribution in [2.45, 2.75) is 24.6 Å². The van der Waals surface area contributed by atoms with Crippen molar-refractivity contribution >= 4 is 26.5 Å². The zero-order valence-corrected chi connectivity index (χ0v) is 13.8. The lowest BCUT2D eigenvalue weighted by Gasteiger charge is -2.24. The van der Waals surface area contributed by atoms with E-state index in [-0.39, 0.29) is 11.8 Å². The standard InChI is InChI=1S/C15H19N3O2S2/c19-22(20,12-13-5-2-1-3-6-13)17-11-14-7-4-9-18(14)15-16-8-10-21-15/h1-3,5-6,8,10,14,17H,4,7,9,11-12H2. The lowest BCUT2D eigenvalue weighted by molar-refractivity contribution is 0.566. The lowest BCUT2D eigenvalue weighted by atomic mass is 10.2. The monoisotopic (exact) mass is 337 g/mol. The predicted molar refractivity (Wildman–Crippen MR) is 89.6 cm³/mol. The predicted octanol–water partition coefficient (Wildman–Crippen LogP) is 2.23. The van der Waals surface area contributed by atoms with E-state index in [0.29, 0.717) is 6.54 Å². The average Bonchev–Trinajstić information content (AvgIpc) is 3.17. The van der Waals surface area contributed by atoms with E-state index < -0.39 is 10.0 Å². The summed E-state index contributed by atoms with van der Waals surface area (Å²) in [4.78, 5) is 6.53. The van der Waals surface area contributed by atoms with Gasteiger partial charge in [-0.1, -0.05) is 30.3 Å². The molecule has 1 aliphatic heterocycles. The number of hydrogen-bond donors (Lipinski definition) is 1. The Kier molecular flexibility index (Phi) is 4.75. The van der Waals surface area contributed by atoms with E-state index in [9.17, 15) is 8.42 Å². The number of anilines is 1. The van der Waals surface area contributed by atoms with Crippen LogP contribution in [0.2, 0.25) is 0 Å². The number of thiazole rings is 1. The van der Waals surface area contributed by atoms with E-state index in [0.717, 1.165) is 30.1 Å². The van der Waals surface area contributed by atoms with Crippen LogP contribution in [-0.4, -0.2) is 32.5 Å². The van der Waals surface area contributed by atoms with Crippen LogP contribution in [0.25, 0.3) is 0 Å². The Labute approximate surface area is 135 Å². The number of nitrogens with one attached hydrogen (secondary N) is 1. The summed E-state index contributed by atoms with van der Waals surface area (Å²) in [5, 5.41) is 2.93. The van der Waals surface area contributed by atoms with Crippen LogP contribution >= 0.6 is 11.3 Å². The molecule has 1 saturated heterocycles. The maximum Gasteiger partial charge on any atom is 0.215 e. The van der Waals surface area contributed by atoms with Crippen molar-refractivity contribution < 1.29 is 8.42 Å². The number of rotatable bonds is 6. The maximum atomic E-state index is 12.2. The molecule has 0 amide bonds. The summed E-state index contributed by atoms with van der Waals surface area (Å²) in [7, 11) is -3.31. The minimum absolute atomic E-state index is 0.0256. The van der Waals surface area contributed by atoms with E-state index in [1.165, 1.54) is 0 Å². The highest BCUT2D eigenvalue weighted by molar-refractivity contribution is 7.88. The fraction of sp³-hybridized carbons (Fsp3) is 0.400. The molecule has 7 heteroatoms. The van der Waals surface area contributed by atoms with Gasteiger partial charge in [0, 0.05) is 30.7 Å². The molecule has 1 aromatic heterocycles. The van der Waals surface area contributed by atoms with Gasteiger partial charge in [-0.3, -0.25) is 0 Å². The lowest BCUT2D eigenvalue weighted by Crippen LogP contribution is -2.40. The summed E-state index contributed by atoms with van der Waals surface area (Å²) in [5.41, 5.74) is 0.804. The van der Waals surface area contributed by atoms with Gasteiger partial charge in [-0.2, -0.15) is 0 Å². The molecule has 3 rings (SSSR count). The van der Waals surface area contributed by atoms with Crippen LogP contribution in [-0.2, 0) is 15.8 Å². The van der Waals surface area contributed by atoms with Gasteiger partial charge in [0.1, 0.15) is 0 Å². The van der Waals surface area contributed by atoms with E-state index >= 15 is 0 Å². The Bertz CT molecular complexity index is 687. The molecule has 0 saturated carbocycles. The first-order valence-electron chi connectivity index (χ1n) is 7.31. The number of benzene rings is 1. The SMILES string of the molecule is O=S(=O)(Cc1ccccc1)NCC1CCCN1c1nccs1. The Morgan fingerprint density at radius 3 is 2.86 bits per heavy atom. The van der Waals surface area contributed by atoms with Gasteiger partial charge in [0.2, 0.25) is 10.0 Å². The van der Waals surface area contributed by atoms with Gasteiger partial charge in [-0.05, 0) is 18.4 Å². The third kappa shape index (κ3) is 3.85. The molecule has 2 aromatic rings. The summed E-state index contributed by atoms with van der Waals surface area (Å²) in [6.07, 6.45) is 3.85. The average molecular weight is 337 g/mol. The third-order valence-corrected chi connectivity index (χ3v) is 5.91. The minimum Gasteiger partial charge on any atom is -0.344 e. The van der Waals surface area contributed by atoms with Crippen molar-refractivity contribution in [2.75, 3.05) is 18.0 Å². The topological polar surface area (TPSA) is 62.3 Å². The molecule has 0 aliphatic carbocycles. The molecule has 1 N–H and O–H groups in total. The van der Waals surface area contributed by atoms with Crippen molar-refractivity contribution in [1.29, 1.82) is 0 Å². The normalized spacial score (nSPS) is 18.7. The second-order valence-corrected chi connectivity index (χ2v) is 8.08. The molecule has 1 atom stereocenters. The molecule has 5 nitrogen and oxygen atoms in total. The highest BCUT2D eigenvalue weighted by atomic mass is 32.2. The van der Waals surface area contributed by atoms with Gasteiger partial charge in [0.25, 0.3) is 0 Å². The van der Waals surface area contributed by atoms with E-state index in [2.05, 4.69) is 14.6 Å². The maximum absolute atomic E-state index is 12.2. The molecular weight excluding hydrogens is 318 g/mol. The summed E-state index contributed by atoms with van der Waals surface area (Å²) >= 11 is 1.60. The molecule has 118 valence electrons. The molecule has 22 heavy (non-hydrogen) atoms. The van der Waals surface area contributed by atoms with Crippen LogP contribution in [0.5, 0.6) is 0 Å². The quantitative estimate of drug-likeness (QED) is 0.878. The van der Waals surface area contributed by atoms with Crippen LogP contribution in [0.1, 0.15) is 18.4 Å². The van der Waals surface area contributed by atoms with Crippen molar-refractivity contribution in [3.8, 4) is 0 Å². The first kappa shape index (κ1) is 15.5. The van der Waals surface area contributed by atoms with Crippen LogP contribution < -0.4 is 9.62 Å². The molecule has 0 spiro atoms. The summed E-state index contributed by atoms with van der Waals surface area (Å²) in [5.74, 6) is 0.0256. The minimum atomic E-state index is -3.31. The summed E-state index contributed by atoms with van der Waals surface area (Å²) < 4.78 is 27.2. The molecule has 1 unspecified atom stereocenters. The van der Waals surface area contributed by atoms with Crippen LogP contribution in [0.3, 0.4) is 0 Å². The fourth-order valence-electron chi connectivity index (χ4n) is 2.73. The molecule has 1 fully saturated rings. The number of nitrogens with zero attached hydrogens (tertiary/aromatic N) is 2. The Hall–Kier alpha value is -1.44. The second kappa shape index (κ2) is 6.76. The van der Waals surface area contributed by atoms with Gasteiger partial charge in [-0.25, -0.2) is 18.1 Å². The van der Waals surface area contributed by atoms with E-state index in [4.69, 9.17) is 0 Å². The van der Waals surface area contributed by atoms with Crippen molar-refractivity contribution in [3.63, 3.8) is 0 Å².